The number of nitrogens with zero attached hydrogens (tertiary/aromatic N) is 2. The topological polar surface area (TPSA) is 76.6 Å². The SMILES string of the molecule is CC(C)(C)OC(=O)N1CCCC[C@@H]1CS(=O)(=O)c1ccncc1. The molecular weight excluding hydrogens is 316 g/mol. The molecule has 2 rings (SSSR count). The van der Waals surface area contributed by atoms with Crippen molar-refractivity contribution in [1.82, 2.24) is 9.88 Å². The lowest BCUT2D eigenvalue weighted by Gasteiger charge is -2.36. The Morgan fingerprint density at radius 1 is 1.30 bits per heavy atom. The summed E-state index contributed by atoms with van der Waals surface area (Å²) in [6.45, 7) is 5.94. The molecule has 0 bridgehead atoms. The lowest BCUT2D eigenvalue weighted by molar-refractivity contribution is 0.0124. The van der Waals surface area contributed by atoms with E-state index in [9.17, 15) is 13.2 Å². The first-order valence-corrected chi connectivity index (χ1v) is 9.47. The molecule has 0 unspecified atom stereocenters. The van der Waals surface area contributed by atoms with Crippen LogP contribution in [0.2, 0.25) is 0 Å². The molecule has 1 amide bonds. The van der Waals surface area contributed by atoms with Crippen LogP contribution in [0.5, 0.6) is 0 Å². The number of likely N-dealkylation sites (tertiary alicyclic amines) is 1. The second kappa shape index (κ2) is 6.86. The maximum Gasteiger partial charge on any atom is 0.410 e. The Hall–Kier alpha value is -1.63. The number of hydrogen-bond donors (Lipinski definition) is 0. The number of piperidine rings is 1. The highest BCUT2D eigenvalue weighted by Gasteiger charge is 2.33. The van der Waals surface area contributed by atoms with Gasteiger partial charge in [0.25, 0.3) is 0 Å². The van der Waals surface area contributed by atoms with Crippen molar-refractivity contribution in [3.63, 3.8) is 0 Å². The molecule has 0 aliphatic carbocycles. The van der Waals surface area contributed by atoms with E-state index >= 15 is 0 Å². The molecule has 1 atom stereocenters. The summed E-state index contributed by atoms with van der Waals surface area (Å²) < 4.78 is 30.5. The minimum absolute atomic E-state index is 0.0870. The van der Waals surface area contributed by atoms with Gasteiger partial charge in [-0.25, -0.2) is 13.2 Å². The fourth-order valence-corrected chi connectivity index (χ4v) is 4.21. The van der Waals surface area contributed by atoms with E-state index in [-0.39, 0.29) is 16.7 Å². The van der Waals surface area contributed by atoms with Crippen LogP contribution in [0.4, 0.5) is 4.79 Å². The van der Waals surface area contributed by atoms with Crippen molar-refractivity contribution in [2.75, 3.05) is 12.3 Å². The summed E-state index contributed by atoms with van der Waals surface area (Å²) in [5.41, 5.74) is -0.594. The second-order valence-corrected chi connectivity index (χ2v) is 8.82. The molecule has 7 heteroatoms. The molecule has 0 radical (unpaired) electrons. The Morgan fingerprint density at radius 3 is 2.57 bits per heavy atom. The Kier molecular flexibility index (Phi) is 5.29. The number of amides is 1. The first-order valence-electron chi connectivity index (χ1n) is 7.81. The lowest BCUT2D eigenvalue weighted by atomic mass is 10.0. The van der Waals surface area contributed by atoms with Crippen LogP contribution in [-0.2, 0) is 14.6 Å². The van der Waals surface area contributed by atoms with Gasteiger partial charge in [-0.2, -0.15) is 0 Å². The third-order valence-corrected chi connectivity index (χ3v) is 5.49. The van der Waals surface area contributed by atoms with Crippen molar-refractivity contribution < 1.29 is 17.9 Å². The highest BCUT2D eigenvalue weighted by atomic mass is 32.2. The summed E-state index contributed by atoms with van der Waals surface area (Å²) in [4.78, 5) is 18.0. The van der Waals surface area contributed by atoms with Crippen LogP contribution >= 0.6 is 0 Å². The van der Waals surface area contributed by atoms with Crippen LogP contribution in [0.25, 0.3) is 0 Å². The van der Waals surface area contributed by atoms with Gasteiger partial charge in [0.05, 0.1) is 10.6 Å². The molecule has 1 aromatic rings. The van der Waals surface area contributed by atoms with Gasteiger partial charge in [-0.05, 0) is 52.2 Å². The lowest BCUT2D eigenvalue weighted by Crippen LogP contribution is -2.48. The van der Waals surface area contributed by atoms with Crippen molar-refractivity contribution in [2.24, 2.45) is 0 Å². The molecule has 0 aromatic carbocycles. The standard InChI is InChI=1S/C16H24N2O4S/c1-16(2,3)22-15(19)18-11-5-4-6-13(18)12-23(20,21)14-7-9-17-10-8-14/h7-10,13H,4-6,11-12H2,1-3H3/t13-/m1/s1. The molecule has 1 saturated heterocycles. The molecule has 1 fully saturated rings. The fourth-order valence-electron chi connectivity index (χ4n) is 2.63. The van der Waals surface area contributed by atoms with Gasteiger partial charge >= 0.3 is 6.09 Å². The third kappa shape index (κ3) is 4.92. The van der Waals surface area contributed by atoms with Gasteiger partial charge in [0, 0.05) is 25.0 Å². The maximum absolute atomic E-state index is 12.5. The minimum atomic E-state index is -3.46. The van der Waals surface area contributed by atoms with E-state index in [2.05, 4.69) is 4.98 Å². The van der Waals surface area contributed by atoms with E-state index in [1.54, 1.807) is 25.7 Å². The van der Waals surface area contributed by atoms with E-state index in [0.29, 0.717) is 13.0 Å². The Balaban J connectivity index is 2.14. The zero-order valence-corrected chi connectivity index (χ0v) is 14.7. The number of carbonyl (C=O) groups is 1. The van der Waals surface area contributed by atoms with Crippen molar-refractivity contribution >= 4 is 15.9 Å². The van der Waals surface area contributed by atoms with Gasteiger partial charge in [0.15, 0.2) is 9.84 Å². The molecule has 1 aromatic heterocycles. The second-order valence-electron chi connectivity index (χ2n) is 6.79. The van der Waals surface area contributed by atoms with Crippen molar-refractivity contribution in [1.29, 1.82) is 0 Å². The van der Waals surface area contributed by atoms with Crippen LogP contribution in [0.1, 0.15) is 40.0 Å². The molecule has 23 heavy (non-hydrogen) atoms. The van der Waals surface area contributed by atoms with Gasteiger partial charge in [0.2, 0.25) is 0 Å². The maximum atomic E-state index is 12.5. The van der Waals surface area contributed by atoms with Crippen LogP contribution < -0.4 is 0 Å². The molecule has 0 spiro atoms. The van der Waals surface area contributed by atoms with Gasteiger partial charge in [0.1, 0.15) is 5.60 Å². The zero-order chi connectivity index (χ0) is 17.1. The molecule has 0 N–H and O–H groups in total. The summed E-state index contributed by atoms with van der Waals surface area (Å²) in [6, 6.07) is 2.61. The van der Waals surface area contributed by atoms with E-state index in [1.807, 2.05) is 0 Å². The highest BCUT2D eigenvalue weighted by Crippen LogP contribution is 2.23. The summed E-state index contributed by atoms with van der Waals surface area (Å²) in [5.74, 6) is -0.0870. The van der Waals surface area contributed by atoms with Gasteiger partial charge < -0.3 is 9.64 Å². The molecule has 6 nitrogen and oxygen atoms in total. The first kappa shape index (κ1) is 17.7. The van der Waals surface area contributed by atoms with E-state index in [4.69, 9.17) is 4.74 Å². The number of pyridine rings is 1. The number of hydrogen-bond acceptors (Lipinski definition) is 5. The predicted octanol–water partition coefficient (Wildman–Crippen LogP) is 2.64. The largest absolute Gasteiger partial charge is 0.444 e. The summed E-state index contributed by atoms with van der Waals surface area (Å²) in [5, 5.41) is 0. The van der Waals surface area contributed by atoms with E-state index in [0.717, 1.165) is 12.8 Å². The molecule has 128 valence electrons. The predicted molar refractivity (Wildman–Crippen MR) is 86.9 cm³/mol. The first-order chi connectivity index (χ1) is 10.7. The number of rotatable bonds is 3. The van der Waals surface area contributed by atoms with Crippen LogP contribution in [0.3, 0.4) is 0 Å². The third-order valence-electron chi connectivity index (χ3n) is 3.68. The summed E-state index contributed by atoms with van der Waals surface area (Å²) >= 11 is 0. The van der Waals surface area contributed by atoms with E-state index in [1.165, 1.54) is 24.5 Å². The Labute approximate surface area is 137 Å². The number of ether oxygens (including phenoxy) is 1. The smallest absolute Gasteiger partial charge is 0.410 e. The molecule has 2 heterocycles. The minimum Gasteiger partial charge on any atom is -0.444 e. The van der Waals surface area contributed by atoms with Crippen molar-refractivity contribution in [2.45, 2.75) is 56.6 Å². The number of carbonyl (C=O) groups excluding carboxylic acids is 1. The average molecular weight is 340 g/mol. The average Bonchev–Trinajstić information content (AvgIpc) is 2.46. The Morgan fingerprint density at radius 2 is 1.96 bits per heavy atom. The monoisotopic (exact) mass is 340 g/mol. The van der Waals surface area contributed by atoms with Gasteiger partial charge in [-0.3, -0.25) is 4.98 Å². The highest BCUT2D eigenvalue weighted by molar-refractivity contribution is 7.91. The van der Waals surface area contributed by atoms with Gasteiger partial charge in [-0.15, -0.1) is 0 Å². The summed E-state index contributed by atoms with van der Waals surface area (Å²) in [7, 11) is -3.46. The van der Waals surface area contributed by atoms with Gasteiger partial charge in [-0.1, -0.05) is 0 Å². The van der Waals surface area contributed by atoms with Crippen molar-refractivity contribution in [3.05, 3.63) is 24.5 Å². The van der Waals surface area contributed by atoms with E-state index < -0.39 is 21.5 Å². The van der Waals surface area contributed by atoms with Crippen LogP contribution in [0, 0.1) is 0 Å². The van der Waals surface area contributed by atoms with Crippen LogP contribution in [0.15, 0.2) is 29.4 Å². The number of aromatic nitrogens is 1. The normalized spacial score (nSPS) is 19.4. The van der Waals surface area contributed by atoms with Crippen molar-refractivity contribution in [3.8, 4) is 0 Å². The fraction of sp³-hybridized carbons (Fsp3) is 0.625. The molecule has 0 saturated carbocycles. The number of sulfone groups is 1. The zero-order valence-electron chi connectivity index (χ0n) is 13.9. The summed E-state index contributed by atoms with van der Waals surface area (Å²) in [6.07, 6.45) is 4.93. The molecule has 1 aliphatic rings. The molecule has 1 aliphatic heterocycles. The molecular formula is C16H24N2O4S. The van der Waals surface area contributed by atoms with Crippen LogP contribution in [-0.4, -0.2) is 48.3 Å². The Bertz CT molecular complexity index is 638. The quantitative estimate of drug-likeness (QED) is 0.845.